The van der Waals surface area contributed by atoms with Crippen LogP contribution in [-0.4, -0.2) is 11.8 Å². The minimum Gasteiger partial charge on any atom is -0.321 e. The number of fused-ring (bicyclic) bond motifs is 3. The zero-order valence-electron chi connectivity index (χ0n) is 8.23. The summed E-state index contributed by atoms with van der Waals surface area (Å²) in [7, 11) is 0. The zero-order chi connectivity index (χ0) is 10.4. The number of ketones is 1. The molecule has 0 saturated carbocycles. The third-order valence-electron chi connectivity index (χ3n) is 3.04. The van der Waals surface area contributed by atoms with Gasteiger partial charge in [-0.2, -0.15) is 0 Å². The van der Waals surface area contributed by atoms with E-state index >= 15 is 0 Å². The van der Waals surface area contributed by atoms with Gasteiger partial charge in [-0.25, -0.2) is 0 Å². The lowest BCUT2D eigenvalue weighted by molar-refractivity contribution is 0.0976. The second kappa shape index (κ2) is 2.91. The fourth-order valence-electron chi connectivity index (χ4n) is 2.29. The Balaban J connectivity index is 2.41. The molecule has 0 spiro atoms. The Morgan fingerprint density at radius 1 is 1.13 bits per heavy atom. The maximum Gasteiger partial charge on any atom is 0.180 e. The van der Waals surface area contributed by atoms with Gasteiger partial charge < -0.3 is 5.73 Å². The van der Waals surface area contributed by atoms with Crippen LogP contribution in [-0.2, 0) is 6.42 Å². The van der Waals surface area contributed by atoms with E-state index in [1.54, 1.807) is 0 Å². The molecule has 1 unspecified atom stereocenters. The third kappa shape index (κ3) is 1.12. The molecule has 0 amide bonds. The van der Waals surface area contributed by atoms with E-state index in [1.807, 2.05) is 30.3 Å². The molecule has 15 heavy (non-hydrogen) atoms. The summed E-state index contributed by atoms with van der Waals surface area (Å²) >= 11 is 0. The van der Waals surface area contributed by atoms with Gasteiger partial charge in [0.1, 0.15) is 0 Å². The maximum absolute atomic E-state index is 11.9. The van der Waals surface area contributed by atoms with Gasteiger partial charge in [0.2, 0.25) is 0 Å². The lowest BCUT2D eigenvalue weighted by Gasteiger charge is -2.03. The number of hydrogen-bond acceptors (Lipinski definition) is 2. The van der Waals surface area contributed by atoms with E-state index in [9.17, 15) is 4.79 Å². The molecule has 2 heteroatoms. The Kier molecular flexibility index (Phi) is 1.67. The van der Waals surface area contributed by atoms with Crippen molar-refractivity contribution in [3.05, 3.63) is 47.5 Å². The second-order valence-corrected chi connectivity index (χ2v) is 4.00. The van der Waals surface area contributed by atoms with Gasteiger partial charge in [0.05, 0.1) is 6.04 Å². The number of nitrogens with two attached hydrogens (primary N) is 1. The standard InChI is InChI=1S/C13H11NO/c14-11-7-9-6-5-8-3-1-2-4-10(8)12(9)13(11)15/h1-6,11H,7,14H2. The van der Waals surface area contributed by atoms with E-state index in [4.69, 9.17) is 5.73 Å². The van der Waals surface area contributed by atoms with Gasteiger partial charge in [0.25, 0.3) is 0 Å². The molecule has 0 heterocycles. The molecule has 2 aromatic carbocycles. The largest absolute Gasteiger partial charge is 0.321 e. The van der Waals surface area contributed by atoms with Crippen LogP contribution in [0.25, 0.3) is 10.8 Å². The molecule has 2 aromatic rings. The molecular formula is C13H11NO. The van der Waals surface area contributed by atoms with Crippen molar-refractivity contribution < 1.29 is 4.79 Å². The summed E-state index contributed by atoms with van der Waals surface area (Å²) in [4.78, 5) is 11.9. The summed E-state index contributed by atoms with van der Waals surface area (Å²) in [5.74, 6) is 0.0850. The predicted octanol–water partition coefficient (Wildman–Crippen LogP) is 1.91. The van der Waals surface area contributed by atoms with Crippen molar-refractivity contribution in [3.63, 3.8) is 0 Å². The van der Waals surface area contributed by atoms with E-state index in [0.29, 0.717) is 6.42 Å². The molecule has 2 N–H and O–H groups in total. The summed E-state index contributed by atoms with van der Waals surface area (Å²) in [5.41, 5.74) is 7.69. The van der Waals surface area contributed by atoms with Crippen LogP contribution in [0.4, 0.5) is 0 Å². The minimum absolute atomic E-state index is 0.0850. The predicted molar refractivity (Wildman–Crippen MR) is 60.0 cm³/mol. The highest BCUT2D eigenvalue weighted by Gasteiger charge is 2.28. The van der Waals surface area contributed by atoms with Crippen molar-refractivity contribution in [2.75, 3.05) is 0 Å². The van der Waals surface area contributed by atoms with Crippen molar-refractivity contribution >= 4 is 16.6 Å². The number of Topliss-reactive ketones (excluding diaryl/α,β-unsaturated/α-hetero) is 1. The molecule has 0 aromatic heterocycles. The van der Waals surface area contributed by atoms with Gasteiger partial charge >= 0.3 is 0 Å². The number of benzene rings is 2. The Morgan fingerprint density at radius 2 is 1.93 bits per heavy atom. The fourth-order valence-corrected chi connectivity index (χ4v) is 2.29. The third-order valence-corrected chi connectivity index (χ3v) is 3.04. The first-order valence-corrected chi connectivity index (χ1v) is 5.08. The Labute approximate surface area is 87.7 Å². The number of carbonyl (C=O) groups is 1. The summed E-state index contributed by atoms with van der Waals surface area (Å²) in [6, 6.07) is 11.7. The van der Waals surface area contributed by atoms with Crippen LogP contribution in [0, 0.1) is 0 Å². The molecule has 74 valence electrons. The molecule has 1 aliphatic carbocycles. The van der Waals surface area contributed by atoms with Gasteiger partial charge in [-0.1, -0.05) is 36.4 Å². The lowest BCUT2D eigenvalue weighted by atomic mass is 10.0. The van der Waals surface area contributed by atoms with E-state index in [0.717, 1.165) is 21.9 Å². The SMILES string of the molecule is NC1Cc2ccc3ccccc3c2C1=O. The van der Waals surface area contributed by atoms with Crippen LogP contribution in [0.15, 0.2) is 36.4 Å². The average Bonchev–Trinajstić information content (AvgIpc) is 2.55. The van der Waals surface area contributed by atoms with Crippen molar-refractivity contribution in [3.8, 4) is 0 Å². The monoisotopic (exact) mass is 197 g/mol. The fraction of sp³-hybridized carbons (Fsp3) is 0.154. The highest BCUT2D eigenvalue weighted by Crippen LogP contribution is 2.29. The summed E-state index contributed by atoms with van der Waals surface area (Å²) < 4.78 is 0. The van der Waals surface area contributed by atoms with Gasteiger partial charge in [0.15, 0.2) is 5.78 Å². The van der Waals surface area contributed by atoms with Crippen molar-refractivity contribution in [2.24, 2.45) is 5.73 Å². The Hall–Kier alpha value is -1.67. The summed E-state index contributed by atoms with van der Waals surface area (Å²) in [6.45, 7) is 0. The van der Waals surface area contributed by atoms with E-state index < -0.39 is 0 Å². The topological polar surface area (TPSA) is 43.1 Å². The Bertz CT molecular complexity index is 559. The van der Waals surface area contributed by atoms with Gasteiger partial charge in [-0.3, -0.25) is 4.79 Å². The molecule has 3 rings (SSSR count). The number of hydrogen-bond donors (Lipinski definition) is 1. The van der Waals surface area contributed by atoms with Crippen LogP contribution >= 0.6 is 0 Å². The molecule has 2 nitrogen and oxygen atoms in total. The first kappa shape index (κ1) is 8.62. The molecule has 0 bridgehead atoms. The average molecular weight is 197 g/mol. The molecule has 0 radical (unpaired) electrons. The van der Waals surface area contributed by atoms with Crippen LogP contribution in [0.1, 0.15) is 15.9 Å². The lowest BCUT2D eigenvalue weighted by Crippen LogP contribution is -2.26. The van der Waals surface area contributed by atoms with E-state index in [-0.39, 0.29) is 11.8 Å². The van der Waals surface area contributed by atoms with Gasteiger partial charge in [0, 0.05) is 5.56 Å². The molecule has 0 fully saturated rings. The molecule has 0 saturated heterocycles. The highest BCUT2D eigenvalue weighted by molar-refractivity contribution is 6.14. The van der Waals surface area contributed by atoms with Crippen LogP contribution in [0.3, 0.4) is 0 Å². The highest BCUT2D eigenvalue weighted by atomic mass is 16.1. The molecule has 1 atom stereocenters. The van der Waals surface area contributed by atoms with Gasteiger partial charge in [-0.15, -0.1) is 0 Å². The van der Waals surface area contributed by atoms with Crippen LogP contribution < -0.4 is 5.73 Å². The zero-order valence-corrected chi connectivity index (χ0v) is 8.23. The normalized spacial score (nSPS) is 19.5. The first-order chi connectivity index (χ1) is 7.27. The minimum atomic E-state index is -0.342. The number of rotatable bonds is 0. The summed E-state index contributed by atoms with van der Waals surface area (Å²) in [6.07, 6.45) is 0.680. The van der Waals surface area contributed by atoms with Gasteiger partial charge in [-0.05, 0) is 22.8 Å². The van der Waals surface area contributed by atoms with Crippen LogP contribution in [0.2, 0.25) is 0 Å². The van der Waals surface area contributed by atoms with Crippen molar-refractivity contribution in [1.82, 2.24) is 0 Å². The maximum atomic E-state index is 11.9. The first-order valence-electron chi connectivity index (χ1n) is 5.08. The van der Waals surface area contributed by atoms with Crippen molar-refractivity contribution in [1.29, 1.82) is 0 Å². The molecule has 0 aliphatic heterocycles. The molecular weight excluding hydrogens is 186 g/mol. The van der Waals surface area contributed by atoms with Crippen LogP contribution in [0.5, 0.6) is 0 Å². The number of carbonyl (C=O) groups excluding carboxylic acids is 1. The smallest absolute Gasteiger partial charge is 0.180 e. The quantitative estimate of drug-likeness (QED) is 0.701. The summed E-state index contributed by atoms with van der Waals surface area (Å²) in [5, 5.41) is 2.15. The second-order valence-electron chi connectivity index (χ2n) is 4.00. The molecule has 1 aliphatic rings. The van der Waals surface area contributed by atoms with E-state index in [1.165, 1.54) is 0 Å². The Morgan fingerprint density at radius 3 is 2.80 bits per heavy atom. The van der Waals surface area contributed by atoms with Crippen molar-refractivity contribution in [2.45, 2.75) is 12.5 Å². The van der Waals surface area contributed by atoms with E-state index in [2.05, 4.69) is 6.07 Å².